The molecule has 5 N–H and O–H groups in total. The van der Waals surface area contributed by atoms with Gasteiger partial charge in [-0.25, -0.2) is 4.79 Å². The molecule has 11 nitrogen and oxygen atoms in total. The lowest BCUT2D eigenvalue weighted by atomic mass is 9.75. The number of aliphatic hydroxyl groups is 1. The number of rotatable bonds is 5. The third-order valence-electron chi connectivity index (χ3n) is 5.49. The molecular weight excluding hydrogens is 382 g/mol. The Kier molecular flexibility index (Phi) is 5.71. The van der Waals surface area contributed by atoms with Crippen LogP contribution in [-0.2, 0) is 19.2 Å². The van der Waals surface area contributed by atoms with Crippen LogP contribution < -0.4 is 21.3 Å². The number of carbonyl (C=O) groups is 5. The van der Waals surface area contributed by atoms with Crippen molar-refractivity contribution in [3.8, 4) is 0 Å². The number of urea groups is 1. The summed E-state index contributed by atoms with van der Waals surface area (Å²) in [6.07, 6.45) is 1.78. The van der Waals surface area contributed by atoms with Gasteiger partial charge in [-0.05, 0) is 12.5 Å². The maximum absolute atomic E-state index is 12.9. The zero-order valence-corrected chi connectivity index (χ0v) is 16.1. The van der Waals surface area contributed by atoms with Crippen molar-refractivity contribution in [2.45, 2.75) is 36.9 Å². The summed E-state index contributed by atoms with van der Waals surface area (Å²) >= 11 is 0. The van der Waals surface area contributed by atoms with E-state index in [4.69, 9.17) is 0 Å². The lowest BCUT2D eigenvalue weighted by Crippen LogP contribution is -2.67. The molecule has 4 amide bonds. The first-order valence-corrected chi connectivity index (χ1v) is 9.57. The van der Waals surface area contributed by atoms with Gasteiger partial charge in [0.15, 0.2) is 0 Å². The van der Waals surface area contributed by atoms with Crippen molar-refractivity contribution in [3.63, 3.8) is 0 Å². The van der Waals surface area contributed by atoms with Crippen LogP contribution in [0.3, 0.4) is 0 Å². The molecule has 3 rings (SSSR count). The predicted molar refractivity (Wildman–Crippen MR) is 99.7 cm³/mol. The van der Waals surface area contributed by atoms with E-state index in [1.165, 1.54) is 11.0 Å². The maximum atomic E-state index is 12.9. The van der Waals surface area contributed by atoms with Gasteiger partial charge in [0.1, 0.15) is 17.2 Å². The second-order valence-corrected chi connectivity index (χ2v) is 7.45. The quantitative estimate of drug-likeness (QED) is 0.187. The smallest absolute Gasteiger partial charge is 0.318 e. The van der Waals surface area contributed by atoms with Crippen LogP contribution in [0.2, 0.25) is 0 Å². The molecule has 0 aromatic carbocycles. The van der Waals surface area contributed by atoms with Gasteiger partial charge < -0.3 is 31.3 Å². The van der Waals surface area contributed by atoms with E-state index in [9.17, 15) is 29.1 Å². The molecule has 3 unspecified atom stereocenters. The molecule has 2 fully saturated rings. The summed E-state index contributed by atoms with van der Waals surface area (Å²) in [7, 11) is 0. The minimum Gasteiger partial charge on any atom is -0.377 e. The van der Waals surface area contributed by atoms with Crippen LogP contribution in [0.25, 0.3) is 0 Å². The molecule has 158 valence electrons. The molecule has 1 aliphatic carbocycles. The summed E-state index contributed by atoms with van der Waals surface area (Å²) in [4.78, 5) is 63.5. The van der Waals surface area contributed by atoms with Gasteiger partial charge in [-0.15, -0.1) is 0 Å². The Hall–Kier alpha value is -2.79. The van der Waals surface area contributed by atoms with Gasteiger partial charge in [-0.1, -0.05) is 13.0 Å². The number of amides is 4. The van der Waals surface area contributed by atoms with Crippen molar-refractivity contribution < 1.29 is 29.1 Å². The molecule has 2 saturated heterocycles. The van der Waals surface area contributed by atoms with E-state index >= 15 is 0 Å². The zero-order valence-electron chi connectivity index (χ0n) is 16.1. The maximum Gasteiger partial charge on any atom is 0.318 e. The van der Waals surface area contributed by atoms with Crippen molar-refractivity contribution >= 4 is 29.4 Å². The molecule has 11 heteroatoms. The number of hydrogen-bond donors (Lipinski definition) is 5. The van der Waals surface area contributed by atoms with Crippen molar-refractivity contribution in [2.24, 2.45) is 0 Å². The predicted octanol–water partition coefficient (Wildman–Crippen LogP) is -2.81. The first kappa shape index (κ1) is 20.9. The second kappa shape index (κ2) is 7.91. The fraction of sp³-hybridized carbons (Fsp3) is 0.611. The molecule has 0 aromatic heterocycles. The van der Waals surface area contributed by atoms with Crippen molar-refractivity contribution in [1.29, 1.82) is 0 Å². The highest BCUT2D eigenvalue weighted by atomic mass is 16.3. The molecule has 0 spiro atoms. The third-order valence-corrected chi connectivity index (χ3v) is 5.49. The van der Waals surface area contributed by atoms with E-state index in [0.29, 0.717) is 26.2 Å². The highest BCUT2D eigenvalue weighted by Crippen LogP contribution is 2.28. The Morgan fingerprint density at radius 2 is 1.90 bits per heavy atom. The standard InChI is InChI=1S/C18H25N5O6/c1-2-18(29)4-3-17(13(25)14(18)26,9-12(24)21-11-10-20-15(11)27)22-16(28)23-7-5-19-6-8-23/h3-4,11,19,29H,2,5-10H2,1H3,(H,20,27)(H,21,24)(H,22,28). The number of carbonyl (C=O) groups excluding carboxylic acids is 5. The average molecular weight is 407 g/mol. The molecule has 2 aliphatic heterocycles. The van der Waals surface area contributed by atoms with Gasteiger partial charge in [-0.3, -0.25) is 19.2 Å². The van der Waals surface area contributed by atoms with Crippen LogP contribution >= 0.6 is 0 Å². The van der Waals surface area contributed by atoms with E-state index < -0.39 is 47.1 Å². The van der Waals surface area contributed by atoms with Gasteiger partial charge in [0.25, 0.3) is 0 Å². The molecule has 0 aromatic rings. The topological polar surface area (TPSA) is 157 Å². The van der Waals surface area contributed by atoms with Crippen LogP contribution in [0, 0.1) is 0 Å². The molecule has 2 heterocycles. The van der Waals surface area contributed by atoms with Crippen molar-refractivity contribution in [3.05, 3.63) is 12.2 Å². The second-order valence-electron chi connectivity index (χ2n) is 7.45. The Morgan fingerprint density at radius 3 is 2.45 bits per heavy atom. The minimum absolute atomic E-state index is 0.0235. The first-order valence-electron chi connectivity index (χ1n) is 9.57. The van der Waals surface area contributed by atoms with Crippen LogP contribution in [0.1, 0.15) is 19.8 Å². The molecule has 0 bridgehead atoms. The van der Waals surface area contributed by atoms with Gasteiger partial charge in [0, 0.05) is 32.7 Å². The molecule has 29 heavy (non-hydrogen) atoms. The Bertz CT molecular complexity index is 777. The number of β-lactam (4-membered cyclic amide) rings is 1. The van der Waals surface area contributed by atoms with Crippen LogP contribution in [0.4, 0.5) is 4.79 Å². The summed E-state index contributed by atoms with van der Waals surface area (Å²) in [5.41, 5.74) is -3.89. The fourth-order valence-corrected chi connectivity index (χ4v) is 3.43. The van der Waals surface area contributed by atoms with Crippen LogP contribution in [0.5, 0.6) is 0 Å². The fourth-order valence-electron chi connectivity index (χ4n) is 3.43. The lowest BCUT2D eigenvalue weighted by molar-refractivity contribution is -0.150. The molecule has 0 saturated carbocycles. The number of piperazine rings is 1. The minimum atomic E-state index is -1.97. The van der Waals surface area contributed by atoms with Crippen LogP contribution in [-0.4, -0.2) is 89.3 Å². The van der Waals surface area contributed by atoms with Crippen molar-refractivity contribution in [2.75, 3.05) is 32.7 Å². The largest absolute Gasteiger partial charge is 0.377 e. The van der Waals surface area contributed by atoms with Gasteiger partial charge in [-0.2, -0.15) is 0 Å². The summed E-state index contributed by atoms with van der Waals surface area (Å²) < 4.78 is 0. The third kappa shape index (κ3) is 4.01. The van der Waals surface area contributed by atoms with E-state index in [0.717, 1.165) is 6.08 Å². The van der Waals surface area contributed by atoms with E-state index in [1.807, 2.05) is 0 Å². The number of nitrogens with zero attached hydrogens (tertiary/aromatic N) is 1. The summed E-state index contributed by atoms with van der Waals surface area (Å²) in [5, 5.41) is 20.9. The number of ketones is 2. The molecule has 3 atom stereocenters. The highest BCUT2D eigenvalue weighted by Gasteiger charge is 2.53. The van der Waals surface area contributed by atoms with E-state index in [1.54, 1.807) is 6.92 Å². The number of hydrogen-bond acceptors (Lipinski definition) is 7. The summed E-state index contributed by atoms with van der Waals surface area (Å²) in [6.45, 7) is 3.78. The molecule has 0 radical (unpaired) electrons. The normalized spacial score (nSPS) is 31.7. The highest BCUT2D eigenvalue weighted by molar-refractivity contribution is 6.45. The number of nitrogens with one attached hydrogen (secondary N) is 4. The van der Waals surface area contributed by atoms with E-state index in [2.05, 4.69) is 21.3 Å². The Labute approximate surface area is 167 Å². The molecule has 3 aliphatic rings. The van der Waals surface area contributed by atoms with Gasteiger partial charge >= 0.3 is 6.03 Å². The first-order chi connectivity index (χ1) is 13.7. The lowest BCUT2D eigenvalue weighted by Gasteiger charge is -2.39. The average Bonchev–Trinajstić information content (AvgIpc) is 2.73. The van der Waals surface area contributed by atoms with E-state index in [-0.39, 0.29) is 18.9 Å². The Morgan fingerprint density at radius 1 is 1.21 bits per heavy atom. The van der Waals surface area contributed by atoms with Crippen molar-refractivity contribution in [1.82, 2.24) is 26.2 Å². The summed E-state index contributed by atoms with van der Waals surface area (Å²) in [5.74, 6) is -3.17. The van der Waals surface area contributed by atoms with Gasteiger partial charge in [0.2, 0.25) is 23.4 Å². The number of Topliss-reactive ketones (excluding diaryl/α,β-unsaturated/α-hetero) is 2. The molecular formula is C18H25N5O6. The zero-order chi connectivity index (χ0) is 21.2. The van der Waals surface area contributed by atoms with Crippen LogP contribution in [0.15, 0.2) is 12.2 Å². The monoisotopic (exact) mass is 407 g/mol. The Balaban J connectivity index is 1.84. The SMILES string of the molecule is CCC1(O)C=CC(CC(=O)NC2CNC2=O)(NC(=O)N2CCNCC2)C(=O)C1=O. The summed E-state index contributed by atoms with van der Waals surface area (Å²) in [6, 6.07) is -1.30. The van der Waals surface area contributed by atoms with Gasteiger partial charge in [0.05, 0.1) is 6.42 Å².